The zero-order valence-corrected chi connectivity index (χ0v) is 15.9. The van der Waals surface area contributed by atoms with E-state index in [4.69, 9.17) is 9.47 Å². The van der Waals surface area contributed by atoms with E-state index in [-0.39, 0.29) is 16.8 Å². The predicted octanol–water partition coefficient (Wildman–Crippen LogP) is 3.84. The van der Waals surface area contributed by atoms with Crippen molar-refractivity contribution in [2.24, 2.45) is 5.41 Å². The van der Waals surface area contributed by atoms with Crippen LogP contribution in [-0.2, 0) is 15.0 Å². The number of carboxylic acids is 1. The van der Waals surface area contributed by atoms with Crippen molar-refractivity contribution in [1.29, 1.82) is 0 Å². The summed E-state index contributed by atoms with van der Waals surface area (Å²) < 4.78 is 10.7. The third-order valence-electron chi connectivity index (χ3n) is 4.62. The van der Waals surface area contributed by atoms with Gasteiger partial charge in [0, 0.05) is 5.41 Å². The second kappa shape index (κ2) is 6.21. The van der Waals surface area contributed by atoms with Gasteiger partial charge in [-0.1, -0.05) is 34.6 Å². The van der Waals surface area contributed by atoms with Gasteiger partial charge >= 0.3 is 5.97 Å². The van der Waals surface area contributed by atoms with E-state index in [9.17, 15) is 14.7 Å². The van der Waals surface area contributed by atoms with Crippen LogP contribution in [0.4, 0.5) is 0 Å². The van der Waals surface area contributed by atoms with E-state index in [2.05, 4.69) is 0 Å². The maximum atomic E-state index is 12.8. The summed E-state index contributed by atoms with van der Waals surface area (Å²) in [4.78, 5) is 24.7. The summed E-state index contributed by atoms with van der Waals surface area (Å²) in [5, 5.41) is 9.76. The largest absolute Gasteiger partial charge is 0.493 e. The Hall–Kier alpha value is -2.30. The van der Waals surface area contributed by atoms with Crippen LogP contribution in [0.5, 0.6) is 11.5 Å². The number of benzene rings is 1. The van der Waals surface area contributed by atoms with Gasteiger partial charge in [0.05, 0.1) is 14.2 Å². The van der Waals surface area contributed by atoms with Crippen molar-refractivity contribution < 1.29 is 24.2 Å². The van der Waals surface area contributed by atoms with Crippen molar-refractivity contribution in [3.8, 4) is 11.5 Å². The molecule has 0 unspecified atom stereocenters. The number of hydrogen-bond donors (Lipinski definition) is 1. The van der Waals surface area contributed by atoms with Crippen LogP contribution in [0.25, 0.3) is 5.57 Å². The number of hydrogen-bond acceptors (Lipinski definition) is 4. The number of ketones is 1. The molecule has 0 amide bonds. The molecule has 0 aliphatic heterocycles. The lowest BCUT2D eigenvalue weighted by atomic mass is 9.82. The van der Waals surface area contributed by atoms with Crippen molar-refractivity contribution >= 4 is 17.3 Å². The number of rotatable bonds is 4. The summed E-state index contributed by atoms with van der Waals surface area (Å²) in [5.41, 5.74) is 1.06. The number of ether oxygens (including phenoxy) is 2. The number of Topliss-reactive ketones (excluding diaryl/α,β-unsaturated/α-hetero) is 1. The van der Waals surface area contributed by atoms with Crippen LogP contribution in [0.1, 0.15) is 52.2 Å². The van der Waals surface area contributed by atoms with E-state index in [1.54, 1.807) is 33.9 Å². The molecule has 0 saturated carbocycles. The molecule has 5 heteroatoms. The molecule has 5 nitrogen and oxygen atoms in total. The van der Waals surface area contributed by atoms with Crippen LogP contribution in [0.3, 0.4) is 0 Å². The SMILES string of the molecule is COc1cc2c(cc1OC)C(C)(C)C/C2=C(/C(=O)O)C(=O)C(C)(C)C. The Morgan fingerprint density at radius 1 is 1.08 bits per heavy atom. The van der Waals surface area contributed by atoms with E-state index in [1.807, 2.05) is 19.9 Å². The van der Waals surface area contributed by atoms with Gasteiger partial charge in [-0.25, -0.2) is 4.79 Å². The molecule has 1 aliphatic carbocycles. The Labute approximate surface area is 148 Å². The molecule has 2 rings (SSSR count). The van der Waals surface area contributed by atoms with Gasteiger partial charge < -0.3 is 14.6 Å². The Balaban J connectivity index is 2.82. The molecular formula is C20H26O5. The van der Waals surface area contributed by atoms with Crippen molar-refractivity contribution in [2.75, 3.05) is 14.2 Å². The first-order chi connectivity index (χ1) is 11.4. The fourth-order valence-electron chi connectivity index (χ4n) is 3.28. The molecule has 0 bridgehead atoms. The molecular weight excluding hydrogens is 320 g/mol. The number of allylic oxidation sites excluding steroid dienone is 1. The molecule has 0 heterocycles. The number of carboxylic acid groups (broad SMARTS) is 1. The molecule has 136 valence electrons. The molecule has 1 aliphatic rings. The fourth-order valence-corrected chi connectivity index (χ4v) is 3.28. The lowest BCUT2D eigenvalue weighted by Crippen LogP contribution is -2.27. The monoisotopic (exact) mass is 346 g/mol. The van der Waals surface area contributed by atoms with Gasteiger partial charge in [-0.2, -0.15) is 0 Å². The third kappa shape index (κ3) is 3.28. The highest BCUT2D eigenvalue weighted by Gasteiger charge is 2.40. The van der Waals surface area contributed by atoms with Gasteiger partial charge in [0.1, 0.15) is 5.57 Å². The standard InChI is InChI=1S/C20H26O5/c1-19(2,3)17(21)16(18(22)23)12-10-20(4,5)13-9-15(25-7)14(24-6)8-11(12)13/h8-9H,10H2,1-7H3,(H,22,23)/b16-12-. The average molecular weight is 346 g/mol. The van der Waals surface area contributed by atoms with Crippen molar-refractivity contribution in [3.05, 3.63) is 28.8 Å². The van der Waals surface area contributed by atoms with E-state index < -0.39 is 11.4 Å². The molecule has 1 N–H and O–H groups in total. The highest BCUT2D eigenvalue weighted by molar-refractivity contribution is 6.24. The maximum Gasteiger partial charge on any atom is 0.339 e. The number of aliphatic carboxylic acids is 1. The van der Waals surface area contributed by atoms with Crippen LogP contribution >= 0.6 is 0 Å². The first-order valence-corrected chi connectivity index (χ1v) is 8.22. The summed E-state index contributed by atoms with van der Waals surface area (Å²) in [6.07, 6.45) is 0.474. The van der Waals surface area contributed by atoms with Crippen molar-refractivity contribution in [2.45, 2.75) is 46.5 Å². The van der Waals surface area contributed by atoms with E-state index in [1.165, 1.54) is 7.11 Å². The Kier molecular flexibility index (Phi) is 4.73. The highest BCUT2D eigenvalue weighted by Crippen LogP contribution is 2.50. The van der Waals surface area contributed by atoms with Crippen LogP contribution in [0.15, 0.2) is 17.7 Å². The minimum atomic E-state index is -1.19. The number of carbonyl (C=O) groups is 2. The van der Waals surface area contributed by atoms with Gasteiger partial charge in [-0.15, -0.1) is 0 Å². The van der Waals surface area contributed by atoms with Gasteiger partial charge in [-0.05, 0) is 40.7 Å². The molecule has 0 aromatic heterocycles. The summed E-state index contributed by atoms with van der Waals surface area (Å²) in [5.74, 6) is -0.444. The summed E-state index contributed by atoms with van der Waals surface area (Å²) in [6, 6.07) is 3.65. The van der Waals surface area contributed by atoms with Gasteiger partial charge in [-0.3, -0.25) is 4.79 Å². The van der Waals surface area contributed by atoms with Crippen molar-refractivity contribution in [3.63, 3.8) is 0 Å². The van der Waals surface area contributed by atoms with Crippen LogP contribution in [-0.4, -0.2) is 31.1 Å². The topological polar surface area (TPSA) is 72.8 Å². The Bertz CT molecular complexity index is 763. The van der Waals surface area contributed by atoms with Crippen molar-refractivity contribution in [1.82, 2.24) is 0 Å². The number of carbonyl (C=O) groups excluding carboxylic acids is 1. The quantitative estimate of drug-likeness (QED) is 0.509. The molecule has 0 fully saturated rings. The van der Waals surface area contributed by atoms with Crippen LogP contribution in [0.2, 0.25) is 0 Å². The van der Waals surface area contributed by atoms with Gasteiger partial charge in [0.2, 0.25) is 0 Å². The lowest BCUT2D eigenvalue weighted by Gasteiger charge is -2.20. The molecule has 1 aromatic rings. The smallest absolute Gasteiger partial charge is 0.339 e. The van der Waals surface area contributed by atoms with Gasteiger partial charge in [0.25, 0.3) is 0 Å². The zero-order valence-electron chi connectivity index (χ0n) is 15.9. The summed E-state index contributed by atoms with van der Waals surface area (Å²) in [7, 11) is 3.10. The fraction of sp³-hybridized carbons (Fsp3) is 0.500. The minimum absolute atomic E-state index is 0.133. The van der Waals surface area contributed by atoms with Gasteiger partial charge in [0.15, 0.2) is 17.3 Å². The second-order valence-corrected chi connectivity index (χ2v) is 8.05. The first kappa shape index (κ1) is 19.0. The zero-order chi connectivity index (χ0) is 19.2. The Morgan fingerprint density at radius 3 is 2.04 bits per heavy atom. The molecule has 1 aromatic carbocycles. The van der Waals surface area contributed by atoms with E-state index in [0.29, 0.717) is 23.5 Å². The lowest BCUT2D eigenvalue weighted by molar-refractivity contribution is -0.136. The summed E-state index contributed by atoms with van der Waals surface area (Å²) in [6.45, 7) is 9.26. The minimum Gasteiger partial charge on any atom is -0.493 e. The molecule has 0 radical (unpaired) electrons. The number of fused-ring (bicyclic) bond motifs is 1. The second-order valence-electron chi connectivity index (χ2n) is 8.05. The number of methoxy groups -OCH3 is 2. The van der Waals surface area contributed by atoms with Crippen LogP contribution in [0, 0.1) is 5.41 Å². The van der Waals surface area contributed by atoms with Crippen LogP contribution < -0.4 is 9.47 Å². The molecule has 25 heavy (non-hydrogen) atoms. The predicted molar refractivity (Wildman–Crippen MR) is 96.2 cm³/mol. The normalized spacial score (nSPS) is 17.7. The Morgan fingerprint density at radius 2 is 1.60 bits per heavy atom. The maximum absolute atomic E-state index is 12.8. The van der Waals surface area contributed by atoms with E-state index in [0.717, 1.165) is 11.1 Å². The average Bonchev–Trinajstić information content (AvgIpc) is 2.75. The molecule has 0 saturated heterocycles. The molecule has 0 spiro atoms. The molecule has 0 atom stereocenters. The highest BCUT2D eigenvalue weighted by atomic mass is 16.5. The first-order valence-electron chi connectivity index (χ1n) is 8.22. The third-order valence-corrected chi connectivity index (χ3v) is 4.62. The summed E-state index contributed by atoms with van der Waals surface area (Å²) >= 11 is 0. The van der Waals surface area contributed by atoms with E-state index >= 15 is 0 Å².